The summed E-state index contributed by atoms with van der Waals surface area (Å²) >= 11 is 3.89. The summed E-state index contributed by atoms with van der Waals surface area (Å²) in [6.07, 6.45) is 14.8. The van der Waals surface area contributed by atoms with E-state index in [0.717, 1.165) is 6.42 Å². The highest BCUT2D eigenvalue weighted by Gasteiger charge is 2.47. The lowest BCUT2D eigenvalue weighted by atomic mass is 9.36. The molecule has 78 heavy (non-hydrogen) atoms. The fourth-order valence-electron chi connectivity index (χ4n) is 13.3. The van der Waals surface area contributed by atoms with E-state index in [1.54, 1.807) is 0 Å². The number of rotatable bonds is 7. The van der Waals surface area contributed by atoms with Crippen molar-refractivity contribution in [3.8, 4) is 11.1 Å². The van der Waals surface area contributed by atoms with Gasteiger partial charge in [0.15, 0.2) is 0 Å². The molecule has 0 spiro atoms. The van der Waals surface area contributed by atoms with Crippen LogP contribution in [0.25, 0.3) is 41.4 Å². The Morgan fingerprint density at radius 3 is 2.08 bits per heavy atom. The summed E-state index contributed by atoms with van der Waals surface area (Å²) in [7, 11) is 0. The molecule has 4 heterocycles. The van der Waals surface area contributed by atoms with E-state index in [2.05, 4.69) is 274 Å². The van der Waals surface area contributed by atoms with Gasteiger partial charge in [-0.25, -0.2) is 0 Å². The van der Waals surface area contributed by atoms with Gasteiger partial charge in [-0.2, -0.15) is 0 Å². The van der Waals surface area contributed by atoms with Gasteiger partial charge in [0.05, 0.1) is 17.4 Å². The number of hydrogen-bond acceptors (Lipinski definition) is 5. The molecule has 3 nitrogen and oxygen atoms in total. The molecule has 1 atom stereocenters. The average Bonchev–Trinajstić information content (AvgIpc) is 3.84. The maximum Gasteiger partial charge on any atom is 0.264 e. The molecule has 4 aliphatic rings. The molecular weight excluding hydrogens is 982 g/mol. The first-order valence-corrected chi connectivity index (χ1v) is 29.6. The van der Waals surface area contributed by atoms with Crippen LogP contribution in [0, 0.1) is 10.8 Å². The minimum absolute atomic E-state index is 0.0231. The lowest BCUT2D eigenvalue weighted by Crippen LogP contribution is -2.60. The Morgan fingerprint density at radius 1 is 0.654 bits per heavy atom. The number of thiophene rings is 2. The molecule has 0 saturated carbocycles. The highest BCUT2D eigenvalue weighted by molar-refractivity contribution is 7.33. The predicted octanol–water partition coefficient (Wildman–Crippen LogP) is 19.1. The normalized spacial score (nSPS) is 16.8. The third-order valence-corrected chi connectivity index (χ3v) is 19.8. The third-order valence-electron chi connectivity index (χ3n) is 17.4. The molecule has 1 unspecified atom stereocenters. The summed E-state index contributed by atoms with van der Waals surface area (Å²) in [5, 5.41) is 3.90. The molecule has 0 saturated heterocycles. The maximum absolute atomic E-state index is 4.25. The average molecular weight is 1050 g/mol. The zero-order valence-corrected chi connectivity index (χ0v) is 49.1. The second kappa shape index (κ2) is 18.0. The molecule has 388 valence electrons. The lowest BCUT2D eigenvalue weighted by molar-refractivity contribution is 0.509. The Kier molecular flexibility index (Phi) is 11.6. The Labute approximate surface area is 471 Å². The van der Waals surface area contributed by atoms with Crippen LogP contribution < -0.4 is 30.4 Å². The van der Waals surface area contributed by atoms with Crippen LogP contribution in [0.1, 0.15) is 106 Å². The molecule has 0 N–H and O–H groups in total. The first-order chi connectivity index (χ1) is 37.2. The van der Waals surface area contributed by atoms with Gasteiger partial charge in [-0.3, -0.25) is 0 Å². The quantitative estimate of drug-likeness (QED) is 0.116. The maximum atomic E-state index is 4.25. The standard InChI is InChI=1S/C72H70BN3S2/c1-14-45(69(3,4)5)30-29-44(2)74(48-35-31-46(32-36-48)70(6,7)8)50-39-40-57-61(41-50)76(58-24-20-28-63-65(58)52-22-16-18-27-62(52)77-63)60-26-19-25-59-66(60)73(57)68-67(75(59)49-37-33-47(34-38-49)71(9,10)11)54-42-53-51-21-15-17-23-55(51)72(12,13)56(53)43-64(54)78-68/h14-35,37-43,48H,1,36H2,2-13H3/b44-29+,45-30+. The molecule has 2 aliphatic carbocycles. The lowest BCUT2D eigenvalue weighted by Gasteiger charge is -2.44. The van der Waals surface area contributed by atoms with Crippen molar-refractivity contribution in [2.75, 3.05) is 14.7 Å². The largest absolute Gasteiger partial charge is 0.338 e. The van der Waals surface area contributed by atoms with Gasteiger partial charge in [-0.1, -0.05) is 186 Å². The molecule has 7 aromatic carbocycles. The Balaban J connectivity index is 1.10. The van der Waals surface area contributed by atoms with Crippen molar-refractivity contribution in [2.45, 2.75) is 106 Å². The highest BCUT2D eigenvalue weighted by Crippen LogP contribution is 2.55. The third kappa shape index (κ3) is 7.87. The summed E-state index contributed by atoms with van der Waals surface area (Å²) in [5.74, 6) is 0. The molecule has 0 radical (unpaired) electrons. The monoisotopic (exact) mass is 1050 g/mol. The topological polar surface area (TPSA) is 9.72 Å². The number of nitrogens with zero attached hydrogens (tertiary/aromatic N) is 3. The number of benzene rings is 7. The number of hydrogen-bond donors (Lipinski definition) is 0. The van der Waals surface area contributed by atoms with Gasteiger partial charge in [0, 0.05) is 74.6 Å². The zero-order valence-electron chi connectivity index (χ0n) is 47.5. The van der Waals surface area contributed by atoms with E-state index in [1.165, 1.54) is 130 Å². The Hall–Kier alpha value is -7.12. The minimum atomic E-state index is -0.115. The van der Waals surface area contributed by atoms with Crippen LogP contribution in [0.2, 0.25) is 0 Å². The van der Waals surface area contributed by atoms with Gasteiger partial charge in [0.2, 0.25) is 0 Å². The summed E-state index contributed by atoms with van der Waals surface area (Å²) in [4.78, 5) is 7.86. The first kappa shape index (κ1) is 50.4. The van der Waals surface area contributed by atoms with E-state index in [9.17, 15) is 0 Å². The fourth-order valence-corrected chi connectivity index (χ4v) is 15.7. The predicted molar refractivity (Wildman–Crippen MR) is 344 cm³/mol. The van der Waals surface area contributed by atoms with Crippen LogP contribution >= 0.6 is 22.7 Å². The Bertz CT molecular complexity index is 4100. The molecule has 2 aromatic heterocycles. The minimum Gasteiger partial charge on any atom is -0.338 e. The first-order valence-electron chi connectivity index (χ1n) is 28.0. The van der Waals surface area contributed by atoms with E-state index in [0.29, 0.717) is 0 Å². The molecule has 0 fully saturated rings. The van der Waals surface area contributed by atoms with Gasteiger partial charge in [0.1, 0.15) is 0 Å². The summed E-state index contributed by atoms with van der Waals surface area (Å²) < 4.78 is 5.32. The SMILES string of the molecule is C=C/C(=C\C=C(/C)N(c1ccc2c(c1)N(c1cccc3sc4ccccc4c13)c1cccc3c1B2c1sc2cc4c(cc2c1N3c1ccc(C(C)(C)C)cc1)-c1ccccc1C4(C)C)C1C=CC(C(C)(C)C)=CC1)C(C)(C)C. The van der Waals surface area contributed by atoms with E-state index in [-0.39, 0.29) is 34.4 Å². The molecule has 9 aromatic rings. The van der Waals surface area contributed by atoms with E-state index < -0.39 is 0 Å². The molecular formula is C72H70BN3S2. The van der Waals surface area contributed by atoms with Crippen molar-refractivity contribution in [2.24, 2.45) is 10.8 Å². The molecule has 0 amide bonds. The van der Waals surface area contributed by atoms with Crippen LogP contribution in [0.15, 0.2) is 199 Å². The van der Waals surface area contributed by atoms with Crippen molar-refractivity contribution >= 4 is 115 Å². The number of allylic oxidation sites excluding steroid dienone is 7. The smallest absolute Gasteiger partial charge is 0.264 e. The Morgan fingerprint density at radius 2 is 1.36 bits per heavy atom. The molecule has 13 rings (SSSR count). The summed E-state index contributed by atoms with van der Waals surface area (Å²) in [6, 6.07) is 54.3. The van der Waals surface area contributed by atoms with Crippen molar-refractivity contribution in [1.82, 2.24) is 0 Å². The molecule has 0 bridgehead atoms. The van der Waals surface area contributed by atoms with Crippen molar-refractivity contribution in [3.63, 3.8) is 0 Å². The van der Waals surface area contributed by atoms with Gasteiger partial charge >= 0.3 is 0 Å². The second-order valence-electron chi connectivity index (χ2n) is 25.8. The van der Waals surface area contributed by atoms with Gasteiger partial charge < -0.3 is 14.7 Å². The van der Waals surface area contributed by atoms with Crippen molar-refractivity contribution < 1.29 is 0 Å². The fraction of sp³-hybridized carbons (Fsp3) is 0.250. The van der Waals surface area contributed by atoms with Crippen LogP contribution in [-0.4, -0.2) is 12.8 Å². The van der Waals surface area contributed by atoms with Gasteiger partial charge in [0.25, 0.3) is 6.71 Å². The van der Waals surface area contributed by atoms with Gasteiger partial charge in [-0.15, -0.1) is 22.7 Å². The second-order valence-corrected chi connectivity index (χ2v) is 28.0. The van der Waals surface area contributed by atoms with Crippen LogP contribution in [0.4, 0.5) is 39.8 Å². The van der Waals surface area contributed by atoms with E-state index >= 15 is 0 Å². The van der Waals surface area contributed by atoms with E-state index in [1.807, 2.05) is 28.7 Å². The van der Waals surface area contributed by atoms with Crippen LogP contribution in [-0.2, 0) is 10.8 Å². The molecule has 6 heteroatoms. The number of fused-ring (bicyclic) bond motifs is 12. The summed E-state index contributed by atoms with van der Waals surface area (Å²) in [5.41, 5.74) is 21.7. The van der Waals surface area contributed by atoms with Crippen LogP contribution in [0.3, 0.4) is 0 Å². The van der Waals surface area contributed by atoms with Gasteiger partial charge in [-0.05, 0) is 152 Å². The zero-order chi connectivity index (χ0) is 54.4. The van der Waals surface area contributed by atoms with Crippen molar-refractivity contribution in [3.05, 3.63) is 216 Å². The highest BCUT2D eigenvalue weighted by atomic mass is 32.1. The van der Waals surface area contributed by atoms with Crippen molar-refractivity contribution in [1.29, 1.82) is 0 Å². The number of anilines is 7. The molecule has 2 aliphatic heterocycles. The van der Waals surface area contributed by atoms with E-state index in [4.69, 9.17) is 0 Å². The summed E-state index contributed by atoms with van der Waals surface area (Å²) in [6.45, 7) is 32.0. The van der Waals surface area contributed by atoms with Crippen LogP contribution in [0.5, 0.6) is 0 Å².